The van der Waals surface area contributed by atoms with Crippen molar-refractivity contribution in [2.75, 3.05) is 13.1 Å². The number of likely N-dealkylation sites (tertiary alicyclic amines) is 1. The number of ether oxygens (including phenoxy) is 1. The van der Waals surface area contributed by atoms with Crippen LogP contribution in [0.3, 0.4) is 0 Å². The first kappa shape index (κ1) is 12.3. The first-order chi connectivity index (χ1) is 8.13. The summed E-state index contributed by atoms with van der Waals surface area (Å²) in [6.45, 7) is 1.03. The number of hydrogen-bond donors (Lipinski definition) is 2. The quantitative estimate of drug-likeness (QED) is 0.660. The highest BCUT2D eigenvalue weighted by molar-refractivity contribution is 5.89. The smallest absolute Gasteiger partial charge is 0.252 e. The number of nitrogens with two attached hydrogens (primary N) is 2. The van der Waals surface area contributed by atoms with Gasteiger partial charge in [-0.05, 0) is 25.7 Å². The van der Waals surface area contributed by atoms with E-state index in [1.54, 1.807) is 4.90 Å². The Hall–Kier alpha value is -1.14. The van der Waals surface area contributed by atoms with Crippen molar-refractivity contribution in [2.45, 2.75) is 43.9 Å². The fourth-order valence-electron chi connectivity index (χ4n) is 2.57. The van der Waals surface area contributed by atoms with E-state index in [-0.39, 0.29) is 12.0 Å². The van der Waals surface area contributed by atoms with E-state index in [1.807, 2.05) is 0 Å². The van der Waals surface area contributed by atoms with Crippen LogP contribution >= 0.6 is 0 Å². The monoisotopic (exact) mass is 241 g/mol. The highest BCUT2D eigenvalue weighted by Gasteiger charge is 2.39. The van der Waals surface area contributed by atoms with E-state index in [4.69, 9.17) is 16.2 Å². The average molecular weight is 241 g/mol. The molecular weight excluding hydrogens is 222 g/mol. The molecule has 3 unspecified atom stereocenters. The number of hydrogen-bond acceptors (Lipinski definition) is 4. The van der Waals surface area contributed by atoms with Gasteiger partial charge >= 0.3 is 0 Å². The largest absolute Gasteiger partial charge is 0.368 e. The van der Waals surface area contributed by atoms with Gasteiger partial charge in [-0.3, -0.25) is 9.59 Å². The molecular formula is C11H19N3O3. The Bertz CT molecular complexity index is 321. The van der Waals surface area contributed by atoms with Crippen molar-refractivity contribution in [1.29, 1.82) is 0 Å². The first-order valence-corrected chi connectivity index (χ1v) is 6.08. The molecule has 6 heteroatoms. The van der Waals surface area contributed by atoms with Crippen molar-refractivity contribution in [1.82, 2.24) is 4.90 Å². The third kappa shape index (κ3) is 2.42. The van der Waals surface area contributed by atoms with Crippen molar-refractivity contribution >= 4 is 11.8 Å². The summed E-state index contributed by atoms with van der Waals surface area (Å²) < 4.78 is 5.54. The van der Waals surface area contributed by atoms with Crippen LogP contribution in [-0.2, 0) is 14.3 Å². The molecule has 2 heterocycles. The van der Waals surface area contributed by atoms with Gasteiger partial charge in [0.05, 0.1) is 6.10 Å². The SMILES string of the molecule is NCC1CCC(C(=O)N2CCCC2C(N)=O)O1. The minimum absolute atomic E-state index is 0.0291. The topological polar surface area (TPSA) is 98.7 Å². The Morgan fingerprint density at radius 2 is 2.06 bits per heavy atom. The summed E-state index contributed by atoms with van der Waals surface area (Å²) in [5.41, 5.74) is 10.8. The second-order valence-corrected chi connectivity index (χ2v) is 4.65. The van der Waals surface area contributed by atoms with Crippen LogP contribution in [0.5, 0.6) is 0 Å². The third-order valence-electron chi connectivity index (χ3n) is 3.51. The molecule has 0 aliphatic carbocycles. The lowest BCUT2D eigenvalue weighted by molar-refractivity contribution is -0.146. The summed E-state index contributed by atoms with van der Waals surface area (Å²) in [4.78, 5) is 25.0. The molecule has 6 nitrogen and oxygen atoms in total. The maximum absolute atomic E-state index is 12.2. The fourth-order valence-corrected chi connectivity index (χ4v) is 2.57. The van der Waals surface area contributed by atoms with E-state index >= 15 is 0 Å². The molecule has 4 N–H and O–H groups in total. The summed E-state index contributed by atoms with van der Waals surface area (Å²) in [5, 5.41) is 0. The fraction of sp³-hybridized carbons (Fsp3) is 0.818. The molecule has 2 aliphatic heterocycles. The van der Waals surface area contributed by atoms with Gasteiger partial charge in [0.15, 0.2) is 0 Å². The van der Waals surface area contributed by atoms with E-state index in [1.165, 1.54) is 0 Å². The van der Waals surface area contributed by atoms with E-state index in [2.05, 4.69) is 0 Å². The summed E-state index contributed by atoms with van der Waals surface area (Å²) in [5.74, 6) is -0.536. The van der Waals surface area contributed by atoms with Crippen LogP contribution in [0, 0.1) is 0 Å². The molecule has 2 aliphatic rings. The molecule has 2 rings (SSSR count). The van der Waals surface area contributed by atoms with E-state index in [0.29, 0.717) is 25.9 Å². The van der Waals surface area contributed by atoms with Crippen LogP contribution in [0.4, 0.5) is 0 Å². The lowest BCUT2D eigenvalue weighted by Gasteiger charge is -2.25. The molecule has 0 bridgehead atoms. The second kappa shape index (κ2) is 5.01. The van der Waals surface area contributed by atoms with E-state index in [9.17, 15) is 9.59 Å². The Labute approximate surface area is 100 Å². The Morgan fingerprint density at radius 1 is 1.29 bits per heavy atom. The number of primary amides is 1. The van der Waals surface area contributed by atoms with Crippen LogP contribution in [-0.4, -0.2) is 48.1 Å². The van der Waals surface area contributed by atoms with Crippen molar-refractivity contribution in [3.8, 4) is 0 Å². The molecule has 0 aromatic rings. The highest BCUT2D eigenvalue weighted by Crippen LogP contribution is 2.25. The Morgan fingerprint density at radius 3 is 2.65 bits per heavy atom. The van der Waals surface area contributed by atoms with Gasteiger partial charge in [0.2, 0.25) is 5.91 Å². The van der Waals surface area contributed by atoms with Gasteiger partial charge in [-0.15, -0.1) is 0 Å². The molecule has 0 aromatic heterocycles. The normalized spacial score (nSPS) is 33.0. The van der Waals surface area contributed by atoms with Crippen molar-refractivity contribution < 1.29 is 14.3 Å². The van der Waals surface area contributed by atoms with Crippen LogP contribution in [0.1, 0.15) is 25.7 Å². The van der Waals surface area contributed by atoms with Gasteiger partial charge in [0.1, 0.15) is 12.1 Å². The zero-order valence-electron chi connectivity index (χ0n) is 9.80. The Kier molecular flexibility index (Phi) is 3.63. The number of carbonyl (C=O) groups excluding carboxylic acids is 2. The number of amides is 2. The maximum Gasteiger partial charge on any atom is 0.252 e. The van der Waals surface area contributed by atoms with E-state index in [0.717, 1.165) is 12.8 Å². The summed E-state index contributed by atoms with van der Waals surface area (Å²) in [7, 11) is 0. The Balaban J connectivity index is 1.98. The molecule has 0 aromatic carbocycles. The van der Waals surface area contributed by atoms with Crippen molar-refractivity contribution in [3.63, 3.8) is 0 Å². The molecule has 0 saturated carbocycles. The summed E-state index contributed by atoms with van der Waals surface area (Å²) in [6.07, 6.45) is 2.51. The van der Waals surface area contributed by atoms with Gasteiger partial charge in [0.25, 0.3) is 5.91 Å². The van der Waals surface area contributed by atoms with E-state index < -0.39 is 18.1 Å². The molecule has 17 heavy (non-hydrogen) atoms. The third-order valence-corrected chi connectivity index (χ3v) is 3.51. The molecule has 2 saturated heterocycles. The van der Waals surface area contributed by atoms with Crippen LogP contribution in [0.15, 0.2) is 0 Å². The molecule has 0 radical (unpaired) electrons. The predicted octanol–water partition coefficient (Wildman–Crippen LogP) is -1.03. The lowest BCUT2D eigenvalue weighted by Crippen LogP contribution is -2.47. The van der Waals surface area contributed by atoms with Gasteiger partial charge in [0, 0.05) is 13.1 Å². The molecule has 2 amide bonds. The van der Waals surface area contributed by atoms with Gasteiger partial charge in [-0.1, -0.05) is 0 Å². The maximum atomic E-state index is 12.2. The average Bonchev–Trinajstić information content (AvgIpc) is 2.97. The minimum Gasteiger partial charge on any atom is -0.368 e. The number of nitrogens with zero attached hydrogens (tertiary/aromatic N) is 1. The first-order valence-electron chi connectivity index (χ1n) is 6.08. The van der Waals surface area contributed by atoms with Crippen molar-refractivity contribution in [3.05, 3.63) is 0 Å². The van der Waals surface area contributed by atoms with Gasteiger partial charge in [-0.25, -0.2) is 0 Å². The van der Waals surface area contributed by atoms with Crippen LogP contribution in [0.2, 0.25) is 0 Å². The standard InChI is InChI=1S/C11H19N3O3/c12-6-7-3-4-9(17-7)11(16)14-5-1-2-8(14)10(13)15/h7-9H,1-6,12H2,(H2,13,15). The van der Waals surface area contributed by atoms with Crippen LogP contribution < -0.4 is 11.5 Å². The molecule has 0 spiro atoms. The van der Waals surface area contributed by atoms with Gasteiger partial charge in [-0.2, -0.15) is 0 Å². The zero-order valence-corrected chi connectivity index (χ0v) is 9.80. The highest BCUT2D eigenvalue weighted by atomic mass is 16.5. The summed E-state index contributed by atoms with van der Waals surface area (Å²) >= 11 is 0. The van der Waals surface area contributed by atoms with Gasteiger partial charge < -0.3 is 21.1 Å². The number of rotatable bonds is 3. The van der Waals surface area contributed by atoms with Crippen LogP contribution in [0.25, 0.3) is 0 Å². The number of carbonyl (C=O) groups is 2. The zero-order chi connectivity index (χ0) is 12.4. The molecule has 96 valence electrons. The second-order valence-electron chi connectivity index (χ2n) is 4.65. The van der Waals surface area contributed by atoms with Crippen molar-refractivity contribution in [2.24, 2.45) is 11.5 Å². The minimum atomic E-state index is -0.456. The summed E-state index contributed by atoms with van der Waals surface area (Å²) in [6, 6.07) is -0.456. The molecule has 3 atom stereocenters. The lowest BCUT2D eigenvalue weighted by atomic mass is 10.1. The predicted molar refractivity (Wildman–Crippen MR) is 60.9 cm³/mol. The molecule has 2 fully saturated rings.